The fraction of sp³-hybridized carbons (Fsp3) is 0. The molecule has 0 unspecified atom stereocenters. The van der Waals surface area contributed by atoms with Crippen LogP contribution in [0.5, 0.6) is 0 Å². The number of rotatable bonds is 4. The minimum atomic E-state index is 0.744. The summed E-state index contributed by atoms with van der Waals surface area (Å²) in [7, 11) is 0. The van der Waals surface area contributed by atoms with Gasteiger partial charge in [-0.2, -0.15) is 0 Å². The molecule has 2 heterocycles. The molecule has 0 saturated carbocycles. The van der Waals surface area contributed by atoms with Crippen LogP contribution in [0.4, 0.5) is 17.1 Å². The molecule has 40 heavy (non-hydrogen) atoms. The Hall–Kier alpha value is -4.15. The van der Waals surface area contributed by atoms with Gasteiger partial charge < -0.3 is 4.90 Å². The van der Waals surface area contributed by atoms with Crippen molar-refractivity contribution in [3.05, 3.63) is 138 Å². The first-order valence-corrected chi connectivity index (χ1v) is 15.2. The summed E-state index contributed by atoms with van der Waals surface area (Å²) in [5, 5.41) is 5.89. The average molecular weight is 568 g/mol. The van der Waals surface area contributed by atoms with E-state index in [1.807, 2.05) is 34.8 Å². The fourth-order valence-electron chi connectivity index (χ4n) is 5.64. The van der Waals surface area contributed by atoms with Crippen molar-refractivity contribution in [3.63, 3.8) is 0 Å². The normalized spacial score (nSPS) is 11.6. The molecule has 0 saturated heterocycles. The maximum atomic E-state index is 6.27. The van der Waals surface area contributed by atoms with E-state index in [1.165, 1.54) is 51.6 Å². The highest BCUT2D eigenvalue weighted by molar-refractivity contribution is 7.26. The largest absolute Gasteiger partial charge is 0.309 e. The number of fused-ring (bicyclic) bond motifs is 6. The van der Waals surface area contributed by atoms with Crippen molar-refractivity contribution >= 4 is 91.7 Å². The Balaban J connectivity index is 1.45. The van der Waals surface area contributed by atoms with Crippen LogP contribution in [0, 0.1) is 0 Å². The minimum Gasteiger partial charge on any atom is -0.309 e. The zero-order valence-electron chi connectivity index (χ0n) is 21.3. The van der Waals surface area contributed by atoms with Gasteiger partial charge >= 0.3 is 0 Å². The van der Waals surface area contributed by atoms with E-state index in [4.69, 9.17) is 11.6 Å². The quantitative estimate of drug-likeness (QED) is 0.204. The first-order chi connectivity index (χ1) is 19.7. The van der Waals surface area contributed by atoms with Gasteiger partial charge in [0.25, 0.3) is 0 Å². The lowest BCUT2D eigenvalue weighted by atomic mass is 10.0. The van der Waals surface area contributed by atoms with Gasteiger partial charge in [0.1, 0.15) is 0 Å². The van der Waals surface area contributed by atoms with Crippen molar-refractivity contribution < 1.29 is 0 Å². The van der Waals surface area contributed by atoms with Gasteiger partial charge in [0.05, 0.1) is 10.4 Å². The summed E-state index contributed by atoms with van der Waals surface area (Å²) in [4.78, 5) is 2.42. The molecule has 0 aliphatic rings. The molecule has 4 heteroatoms. The predicted molar refractivity (Wildman–Crippen MR) is 177 cm³/mol. The molecule has 8 aromatic rings. The summed E-state index contributed by atoms with van der Waals surface area (Å²) >= 11 is 9.98. The second kappa shape index (κ2) is 9.50. The average Bonchev–Trinajstić information content (AvgIpc) is 3.57. The summed E-state index contributed by atoms with van der Waals surface area (Å²) in [6, 6.07) is 47.8. The van der Waals surface area contributed by atoms with Crippen molar-refractivity contribution in [2.45, 2.75) is 0 Å². The van der Waals surface area contributed by atoms with Crippen LogP contribution >= 0.6 is 34.3 Å². The van der Waals surface area contributed by atoms with E-state index >= 15 is 0 Å². The van der Waals surface area contributed by atoms with Crippen molar-refractivity contribution in [2.24, 2.45) is 0 Å². The van der Waals surface area contributed by atoms with Crippen LogP contribution in [0.1, 0.15) is 0 Å². The number of hydrogen-bond donors (Lipinski definition) is 0. The lowest BCUT2D eigenvalue weighted by Crippen LogP contribution is -2.10. The van der Waals surface area contributed by atoms with E-state index < -0.39 is 0 Å². The van der Waals surface area contributed by atoms with Crippen LogP contribution in [0.15, 0.2) is 133 Å². The zero-order chi connectivity index (χ0) is 26.6. The summed E-state index contributed by atoms with van der Waals surface area (Å²) in [5.41, 5.74) is 5.78. The molecule has 0 aliphatic heterocycles. The Kier molecular flexibility index (Phi) is 5.63. The number of anilines is 3. The Bertz CT molecular complexity index is 2180. The van der Waals surface area contributed by atoms with Gasteiger partial charge in [0, 0.05) is 52.0 Å². The van der Waals surface area contributed by atoms with Crippen molar-refractivity contribution in [2.75, 3.05) is 4.90 Å². The van der Waals surface area contributed by atoms with Gasteiger partial charge in [-0.05, 0) is 77.9 Å². The van der Waals surface area contributed by atoms with E-state index in [0.29, 0.717) is 0 Å². The van der Waals surface area contributed by atoms with Gasteiger partial charge in [-0.3, -0.25) is 0 Å². The van der Waals surface area contributed by atoms with E-state index in [2.05, 4.69) is 126 Å². The minimum absolute atomic E-state index is 0.744. The van der Waals surface area contributed by atoms with E-state index in [9.17, 15) is 0 Å². The highest BCUT2D eigenvalue weighted by Crippen LogP contribution is 2.48. The molecule has 0 atom stereocenters. The third kappa shape index (κ3) is 3.89. The maximum absolute atomic E-state index is 6.27. The third-order valence-electron chi connectivity index (χ3n) is 7.51. The van der Waals surface area contributed by atoms with Crippen LogP contribution in [0.25, 0.3) is 51.5 Å². The summed E-state index contributed by atoms with van der Waals surface area (Å²) in [6.45, 7) is 0. The summed E-state index contributed by atoms with van der Waals surface area (Å²) in [6.07, 6.45) is 0. The molecule has 0 fully saturated rings. The SMILES string of the molecule is Clc1ccc(-c2cc(N(c3ccccc3)c3ccc4sc5ccccc5c4c3)c3sc4ccccc4c3c2)cc1. The standard InChI is InChI=1S/C36H22ClNS2/c37-25-16-14-23(15-17-25)24-20-31-29-11-5-7-13-34(29)40-36(31)32(21-24)38(26-8-2-1-3-9-26)27-18-19-35-30(22-27)28-10-4-6-12-33(28)39-35/h1-22H. The molecule has 0 bridgehead atoms. The smallest absolute Gasteiger partial charge is 0.0646 e. The summed E-state index contributed by atoms with van der Waals surface area (Å²) < 4.78 is 5.19. The molecule has 6 aromatic carbocycles. The van der Waals surface area contributed by atoms with E-state index in [0.717, 1.165) is 22.0 Å². The molecule has 0 spiro atoms. The number of thiophene rings is 2. The van der Waals surface area contributed by atoms with Crippen LogP contribution in [0.2, 0.25) is 5.02 Å². The molecule has 1 nitrogen and oxygen atoms in total. The topological polar surface area (TPSA) is 3.24 Å². The van der Waals surface area contributed by atoms with Crippen LogP contribution < -0.4 is 4.90 Å². The fourth-order valence-corrected chi connectivity index (χ4v) is 8.04. The number of benzene rings is 6. The highest BCUT2D eigenvalue weighted by atomic mass is 35.5. The second-order valence-electron chi connectivity index (χ2n) is 9.93. The van der Waals surface area contributed by atoms with Crippen LogP contribution in [-0.2, 0) is 0 Å². The number of halogens is 1. The first kappa shape index (κ1) is 23.7. The van der Waals surface area contributed by atoms with Gasteiger partial charge in [0.15, 0.2) is 0 Å². The Labute approximate surface area is 245 Å². The molecule has 0 amide bonds. The molecule has 0 aliphatic carbocycles. The molecule has 8 rings (SSSR count). The van der Waals surface area contributed by atoms with Crippen molar-refractivity contribution in [1.82, 2.24) is 0 Å². The van der Waals surface area contributed by atoms with Gasteiger partial charge in [-0.25, -0.2) is 0 Å². The molecular formula is C36H22ClNS2. The highest BCUT2D eigenvalue weighted by Gasteiger charge is 2.20. The lowest BCUT2D eigenvalue weighted by molar-refractivity contribution is 1.31. The van der Waals surface area contributed by atoms with E-state index in [1.54, 1.807) is 0 Å². The van der Waals surface area contributed by atoms with Crippen LogP contribution in [-0.4, -0.2) is 0 Å². The molecule has 0 N–H and O–H groups in total. The second-order valence-corrected chi connectivity index (χ2v) is 12.5. The van der Waals surface area contributed by atoms with Gasteiger partial charge in [-0.15, -0.1) is 22.7 Å². The Morgan fingerprint density at radius 3 is 1.88 bits per heavy atom. The Morgan fingerprint density at radius 1 is 0.450 bits per heavy atom. The summed E-state index contributed by atoms with van der Waals surface area (Å²) in [5.74, 6) is 0. The third-order valence-corrected chi connectivity index (χ3v) is 10.1. The van der Waals surface area contributed by atoms with Crippen molar-refractivity contribution in [3.8, 4) is 11.1 Å². The molecule has 2 aromatic heterocycles. The molecule has 190 valence electrons. The monoisotopic (exact) mass is 567 g/mol. The van der Waals surface area contributed by atoms with Crippen LogP contribution in [0.3, 0.4) is 0 Å². The lowest BCUT2D eigenvalue weighted by Gasteiger charge is -2.27. The molecular weight excluding hydrogens is 546 g/mol. The number of para-hydroxylation sites is 1. The van der Waals surface area contributed by atoms with Crippen molar-refractivity contribution in [1.29, 1.82) is 0 Å². The number of hydrogen-bond acceptors (Lipinski definition) is 3. The van der Waals surface area contributed by atoms with Gasteiger partial charge in [-0.1, -0.05) is 78.3 Å². The molecule has 0 radical (unpaired) electrons. The maximum Gasteiger partial charge on any atom is 0.0646 e. The number of nitrogens with zero attached hydrogens (tertiary/aromatic N) is 1. The first-order valence-electron chi connectivity index (χ1n) is 13.2. The van der Waals surface area contributed by atoms with Gasteiger partial charge in [0.2, 0.25) is 0 Å². The predicted octanol–water partition coefficient (Wildman–Crippen LogP) is 12.2. The zero-order valence-corrected chi connectivity index (χ0v) is 23.7. The Morgan fingerprint density at radius 2 is 1.10 bits per heavy atom. The van der Waals surface area contributed by atoms with E-state index in [-0.39, 0.29) is 0 Å².